The quantitative estimate of drug-likeness (QED) is 0.269. The molecule has 0 aliphatic carbocycles. The summed E-state index contributed by atoms with van der Waals surface area (Å²) >= 11 is 0. The molecule has 0 heterocycles. The molecule has 0 radical (unpaired) electrons. The van der Waals surface area contributed by atoms with Crippen LogP contribution in [0.4, 0.5) is 0 Å². The Balaban J connectivity index is 3.70. The van der Waals surface area contributed by atoms with E-state index in [0.29, 0.717) is 0 Å². The highest BCUT2D eigenvalue weighted by Crippen LogP contribution is 2.08. The van der Waals surface area contributed by atoms with Gasteiger partial charge in [0.15, 0.2) is 0 Å². The van der Waals surface area contributed by atoms with Crippen LogP contribution >= 0.6 is 0 Å². The number of rotatable bonds is 14. The fraction of sp³-hybridized carbons (Fsp3) is 0.824. The first-order chi connectivity index (χ1) is 9.63. The van der Waals surface area contributed by atoms with E-state index in [1.807, 2.05) is 0 Å². The van der Waals surface area contributed by atoms with Gasteiger partial charge < -0.3 is 0 Å². The first-order valence-electron chi connectivity index (χ1n) is 8.23. The van der Waals surface area contributed by atoms with Crippen LogP contribution in [-0.2, 0) is 14.4 Å². The number of carbonyl (C=O) groups excluding carboxylic acids is 3. The van der Waals surface area contributed by atoms with E-state index in [1.165, 1.54) is 12.8 Å². The predicted octanol–water partition coefficient (Wildman–Crippen LogP) is 4.41. The molecule has 0 saturated carbocycles. The molecule has 116 valence electrons. The summed E-state index contributed by atoms with van der Waals surface area (Å²) < 4.78 is 0. The molecule has 0 aromatic heterocycles. The zero-order valence-corrected chi connectivity index (χ0v) is 13.2. The Hall–Kier alpha value is -0.990. The highest BCUT2D eigenvalue weighted by molar-refractivity contribution is 6.63. The van der Waals surface area contributed by atoms with Gasteiger partial charge in [0.25, 0.3) is 5.78 Å². The van der Waals surface area contributed by atoms with Crippen molar-refractivity contribution in [2.45, 2.75) is 90.9 Å². The molecule has 0 aromatic carbocycles. The van der Waals surface area contributed by atoms with Crippen LogP contribution in [0.3, 0.4) is 0 Å². The van der Waals surface area contributed by atoms with Gasteiger partial charge in [-0.1, -0.05) is 65.2 Å². The highest BCUT2D eigenvalue weighted by Gasteiger charge is 2.21. The third-order valence-electron chi connectivity index (χ3n) is 3.52. The monoisotopic (exact) mass is 282 g/mol. The second-order valence-electron chi connectivity index (χ2n) is 5.50. The minimum Gasteiger partial charge on any atom is -0.290 e. The number of unbranched alkanes of at least 4 members (excludes halogenated alkanes) is 8. The molecule has 0 rings (SSSR count). The van der Waals surface area contributed by atoms with Gasteiger partial charge in [0.2, 0.25) is 11.6 Å². The van der Waals surface area contributed by atoms with Crippen molar-refractivity contribution >= 4 is 17.3 Å². The van der Waals surface area contributed by atoms with Gasteiger partial charge in [0.05, 0.1) is 0 Å². The van der Waals surface area contributed by atoms with Crippen molar-refractivity contribution in [2.24, 2.45) is 0 Å². The Kier molecular flexibility index (Phi) is 12.4. The lowest BCUT2D eigenvalue weighted by atomic mass is 10.0. The lowest BCUT2D eigenvalue weighted by molar-refractivity contribution is -0.144. The van der Waals surface area contributed by atoms with Crippen LogP contribution in [0.2, 0.25) is 0 Å². The van der Waals surface area contributed by atoms with Crippen LogP contribution in [0.1, 0.15) is 90.9 Å². The number of Topliss-reactive ketones (excluding diaryl/α,β-unsaturated/α-hetero) is 3. The van der Waals surface area contributed by atoms with E-state index >= 15 is 0 Å². The van der Waals surface area contributed by atoms with Crippen LogP contribution in [0, 0.1) is 0 Å². The van der Waals surface area contributed by atoms with Crippen LogP contribution in [0.25, 0.3) is 0 Å². The van der Waals surface area contributed by atoms with E-state index in [-0.39, 0.29) is 12.8 Å². The van der Waals surface area contributed by atoms with Crippen LogP contribution < -0.4 is 0 Å². The van der Waals surface area contributed by atoms with Gasteiger partial charge in [-0.05, 0) is 12.8 Å². The zero-order chi connectivity index (χ0) is 15.2. The van der Waals surface area contributed by atoms with Gasteiger partial charge in [-0.2, -0.15) is 0 Å². The largest absolute Gasteiger partial charge is 0.290 e. The Morgan fingerprint density at radius 1 is 0.550 bits per heavy atom. The van der Waals surface area contributed by atoms with Gasteiger partial charge in [-0.15, -0.1) is 0 Å². The Bertz CT molecular complexity index is 267. The normalized spacial score (nSPS) is 10.5. The van der Waals surface area contributed by atoms with Crippen molar-refractivity contribution in [2.75, 3.05) is 0 Å². The van der Waals surface area contributed by atoms with Crippen LogP contribution in [-0.4, -0.2) is 17.3 Å². The topological polar surface area (TPSA) is 51.2 Å². The van der Waals surface area contributed by atoms with Crippen molar-refractivity contribution in [3.63, 3.8) is 0 Å². The number of hydrogen-bond acceptors (Lipinski definition) is 3. The van der Waals surface area contributed by atoms with Crippen molar-refractivity contribution in [3.8, 4) is 0 Å². The average molecular weight is 282 g/mol. The standard InChI is InChI=1S/C17H30O3/c1-3-5-7-9-11-13-15(18)17(20)16(19)14-12-10-8-6-4-2/h3-14H2,1-2H3. The highest BCUT2D eigenvalue weighted by atomic mass is 16.2. The fourth-order valence-corrected chi connectivity index (χ4v) is 2.16. The fourth-order valence-electron chi connectivity index (χ4n) is 2.16. The van der Waals surface area contributed by atoms with Crippen molar-refractivity contribution in [1.82, 2.24) is 0 Å². The lowest BCUT2D eigenvalue weighted by Crippen LogP contribution is -2.23. The molecule has 0 saturated heterocycles. The van der Waals surface area contributed by atoms with E-state index in [4.69, 9.17) is 0 Å². The second-order valence-corrected chi connectivity index (χ2v) is 5.50. The van der Waals surface area contributed by atoms with Gasteiger partial charge in [-0.3, -0.25) is 14.4 Å². The summed E-state index contributed by atoms with van der Waals surface area (Å²) in [6.45, 7) is 4.27. The van der Waals surface area contributed by atoms with E-state index in [1.54, 1.807) is 0 Å². The predicted molar refractivity (Wildman–Crippen MR) is 81.8 cm³/mol. The first kappa shape index (κ1) is 19.0. The minimum absolute atomic E-state index is 0.240. The number of hydrogen-bond donors (Lipinski definition) is 0. The molecule has 0 N–H and O–H groups in total. The summed E-state index contributed by atoms with van der Waals surface area (Å²) in [5.41, 5.74) is 0. The lowest BCUT2D eigenvalue weighted by Gasteiger charge is -2.01. The van der Waals surface area contributed by atoms with Crippen molar-refractivity contribution in [3.05, 3.63) is 0 Å². The van der Waals surface area contributed by atoms with Gasteiger partial charge in [0, 0.05) is 12.8 Å². The molecule has 0 atom stereocenters. The molecule has 0 spiro atoms. The average Bonchev–Trinajstić information content (AvgIpc) is 2.45. The van der Waals surface area contributed by atoms with Crippen molar-refractivity contribution < 1.29 is 14.4 Å². The maximum absolute atomic E-state index is 11.6. The molecule has 0 bridgehead atoms. The molecular formula is C17H30O3. The SMILES string of the molecule is CCCCCCCC(=O)C(=O)C(=O)CCCCCCC. The Labute approximate surface area is 123 Å². The summed E-state index contributed by atoms with van der Waals surface area (Å²) in [7, 11) is 0. The zero-order valence-electron chi connectivity index (χ0n) is 13.2. The van der Waals surface area contributed by atoms with Crippen LogP contribution in [0.5, 0.6) is 0 Å². The molecule has 0 unspecified atom stereocenters. The molecule has 3 heteroatoms. The summed E-state index contributed by atoms with van der Waals surface area (Å²) in [6.07, 6.45) is 10.7. The molecule has 0 aromatic rings. The molecule has 20 heavy (non-hydrogen) atoms. The molecule has 0 amide bonds. The molecule has 0 aliphatic heterocycles. The first-order valence-corrected chi connectivity index (χ1v) is 8.23. The second kappa shape index (κ2) is 13.0. The smallest absolute Gasteiger partial charge is 0.264 e. The van der Waals surface area contributed by atoms with E-state index in [0.717, 1.165) is 51.4 Å². The third-order valence-corrected chi connectivity index (χ3v) is 3.52. The summed E-state index contributed by atoms with van der Waals surface area (Å²) in [4.78, 5) is 34.7. The summed E-state index contributed by atoms with van der Waals surface area (Å²) in [5, 5.41) is 0. The van der Waals surface area contributed by atoms with E-state index in [9.17, 15) is 14.4 Å². The minimum atomic E-state index is -0.768. The maximum Gasteiger partial charge on any atom is 0.264 e. The summed E-state index contributed by atoms with van der Waals surface area (Å²) in [5.74, 6) is -1.74. The Morgan fingerprint density at radius 3 is 1.25 bits per heavy atom. The van der Waals surface area contributed by atoms with Crippen molar-refractivity contribution in [1.29, 1.82) is 0 Å². The number of ketones is 3. The summed E-state index contributed by atoms with van der Waals surface area (Å²) in [6, 6.07) is 0. The van der Waals surface area contributed by atoms with Gasteiger partial charge >= 0.3 is 0 Å². The maximum atomic E-state index is 11.6. The number of carbonyl (C=O) groups is 3. The van der Waals surface area contributed by atoms with E-state index in [2.05, 4.69) is 13.8 Å². The van der Waals surface area contributed by atoms with Crippen LogP contribution in [0.15, 0.2) is 0 Å². The van der Waals surface area contributed by atoms with Gasteiger partial charge in [-0.25, -0.2) is 0 Å². The van der Waals surface area contributed by atoms with Gasteiger partial charge in [0.1, 0.15) is 0 Å². The van der Waals surface area contributed by atoms with E-state index < -0.39 is 17.3 Å². The Morgan fingerprint density at radius 2 is 0.900 bits per heavy atom. The molecule has 0 aliphatic rings. The third kappa shape index (κ3) is 9.88. The molecule has 0 fully saturated rings. The molecule has 3 nitrogen and oxygen atoms in total. The molecular weight excluding hydrogens is 252 g/mol.